The van der Waals surface area contributed by atoms with Crippen LogP contribution in [0.4, 0.5) is 0 Å². The van der Waals surface area contributed by atoms with Crippen molar-refractivity contribution in [1.29, 1.82) is 0 Å². The molecule has 0 N–H and O–H groups in total. The van der Waals surface area contributed by atoms with Gasteiger partial charge in [-0.05, 0) is 0 Å². The van der Waals surface area contributed by atoms with E-state index in [1.807, 2.05) is 0 Å². The summed E-state index contributed by atoms with van der Waals surface area (Å²) in [7, 11) is 0. The predicted octanol–water partition coefficient (Wildman–Crippen LogP) is -6.54. The van der Waals surface area contributed by atoms with E-state index in [0.29, 0.717) is 16.2 Å². The molecule has 33 valence electrons. The van der Waals surface area contributed by atoms with Gasteiger partial charge in [0, 0.05) is 33.3 Å². The van der Waals surface area contributed by atoms with Crippen molar-refractivity contribution < 1.29 is 77.6 Å². The minimum absolute atomic E-state index is 0. The fraction of sp³-hybridized carbons (Fsp3) is 0. The van der Waals surface area contributed by atoms with Crippen molar-refractivity contribution in [3.05, 3.63) is 0 Å². The Kier molecular flexibility index (Phi) is 325. The summed E-state index contributed by atoms with van der Waals surface area (Å²) in [5.41, 5.74) is 0. The molecule has 0 heterocycles. The van der Waals surface area contributed by atoms with Gasteiger partial charge in [-0.1, -0.05) is 0 Å². The van der Waals surface area contributed by atoms with Crippen molar-refractivity contribution in [2.45, 2.75) is 0 Å². The first-order valence-corrected chi connectivity index (χ1v) is 0.866. The molecule has 6 heavy (non-hydrogen) atoms. The summed E-state index contributed by atoms with van der Waals surface area (Å²) in [5.74, 6) is 0. The van der Waals surface area contributed by atoms with Crippen LogP contribution >= 0.6 is 0 Å². The molecule has 6 heteroatoms. The van der Waals surface area contributed by atoms with Crippen molar-refractivity contribution in [3.63, 3.8) is 0 Å². The molecule has 1 radical (unpaired) electrons. The SMILES string of the molecule is [Co].[H-].[H-].[Li+].[Li+].[Ni].[O]=[AlH]. The van der Waals surface area contributed by atoms with Crippen LogP contribution in [-0.2, 0) is 37.1 Å². The van der Waals surface area contributed by atoms with Gasteiger partial charge in [0.2, 0.25) is 0 Å². The Balaban J connectivity index is -0.000000000333. The second-order valence-corrected chi connectivity index (χ2v) is 0. The summed E-state index contributed by atoms with van der Waals surface area (Å²) in [6, 6.07) is 0. The third kappa shape index (κ3) is 31.2. The van der Waals surface area contributed by atoms with Crippen LogP contribution in [0, 0.1) is 0 Å². The Morgan fingerprint density at radius 3 is 1.17 bits per heavy atom. The molecule has 0 aliphatic carbocycles. The number of rotatable bonds is 0. The fourth-order valence-electron chi connectivity index (χ4n) is 0. The van der Waals surface area contributed by atoms with Crippen molar-refractivity contribution in [3.8, 4) is 0 Å². The van der Waals surface area contributed by atoms with Crippen LogP contribution in [0.15, 0.2) is 0 Å². The summed E-state index contributed by atoms with van der Waals surface area (Å²) in [5, 5.41) is 0. The van der Waals surface area contributed by atoms with Crippen LogP contribution in [0.3, 0.4) is 0 Å². The normalized spacial score (nSPS) is 0.500. The molecule has 0 saturated heterocycles. The van der Waals surface area contributed by atoms with Gasteiger partial charge < -0.3 is 2.85 Å². The van der Waals surface area contributed by atoms with E-state index in [1.165, 1.54) is 0 Å². The summed E-state index contributed by atoms with van der Waals surface area (Å²) in [6.07, 6.45) is 0. The molecular weight excluding hydrogens is 174 g/mol. The van der Waals surface area contributed by atoms with Gasteiger partial charge in [-0.2, -0.15) is 0 Å². The quantitative estimate of drug-likeness (QED) is 0.337. The Morgan fingerprint density at radius 1 is 1.17 bits per heavy atom. The van der Waals surface area contributed by atoms with Crippen LogP contribution in [0.2, 0.25) is 0 Å². The number of hydrogen-bond donors (Lipinski definition) is 0. The first-order valence-electron chi connectivity index (χ1n) is 0.289. The predicted molar refractivity (Wildman–Crippen MR) is 10.1 cm³/mol. The van der Waals surface area contributed by atoms with Crippen LogP contribution in [0.1, 0.15) is 2.85 Å². The molecule has 0 rings (SSSR count). The van der Waals surface area contributed by atoms with Gasteiger partial charge in [-0.3, -0.25) is 0 Å². The average Bonchev–Trinajstić information content (AvgIpc) is 1.00. The molecule has 0 aromatic heterocycles. The molecule has 0 atom stereocenters. The van der Waals surface area contributed by atoms with E-state index in [-0.39, 0.29) is 73.8 Å². The van der Waals surface area contributed by atoms with Gasteiger partial charge in [0.15, 0.2) is 0 Å². The Labute approximate surface area is 92.8 Å². The first kappa shape index (κ1) is 38.8. The standard InChI is InChI=1S/Al.Co.2Li.Ni.O.3H/q;;2*+1;;;;2*-1. The molecule has 0 saturated carbocycles. The van der Waals surface area contributed by atoms with E-state index in [0.717, 1.165) is 0 Å². The third-order valence-corrected chi connectivity index (χ3v) is 0. The average molecular weight is 178 g/mol. The zero-order valence-electron chi connectivity index (χ0n) is 5.76. The molecule has 0 aromatic rings. The molecule has 1 nitrogen and oxygen atoms in total. The summed E-state index contributed by atoms with van der Waals surface area (Å²) >= 11 is 0.611. The molecular formula is H3AlCoLi2NiO. The van der Waals surface area contributed by atoms with Gasteiger partial charge in [0.1, 0.15) is 0 Å². The zero-order chi connectivity index (χ0) is 2.00. The van der Waals surface area contributed by atoms with Crippen molar-refractivity contribution >= 4 is 16.2 Å². The van der Waals surface area contributed by atoms with Gasteiger partial charge in [0.05, 0.1) is 0 Å². The summed E-state index contributed by atoms with van der Waals surface area (Å²) in [4.78, 5) is 0. The van der Waals surface area contributed by atoms with E-state index in [4.69, 9.17) is 3.80 Å². The van der Waals surface area contributed by atoms with Crippen LogP contribution in [0.5, 0.6) is 0 Å². The Morgan fingerprint density at radius 2 is 1.17 bits per heavy atom. The van der Waals surface area contributed by atoms with Gasteiger partial charge in [-0.25, -0.2) is 0 Å². The van der Waals surface area contributed by atoms with E-state index >= 15 is 0 Å². The Hall–Kier alpha value is 2.53. The molecule has 0 unspecified atom stereocenters. The monoisotopic (exact) mass is 177 g/mol. The molecule has 0 fully saturated rings. The summed E-state index contributed by atoms with van der Waals surface area (Å²) < 4.78 is 8.28. The fourth-order valence-corrected chi connectivity index (χ4v) is 0. The zero-order valence-corrected chi connectivity index (χ0v) is 7.21. The van der Waals surface area contributed by atoms with Crippen molar-refractivity contribution in [2.24, 2.45) is 0 Å². The topological polar surface area (TPSA) is 17.1 Å². The Bertz CT molecular complexity index is 20.0. The molecule has 0 bridgehead atoms. The molecule has 0 amide bonds. The van der Waals surface area contributed by atoms with Crippen LogP contribution in [0.25, 0.3) is 0 Å². The maximum absolute atomic E-state index is 8.28. The maximum atomic E-state index is 8.28. The van der Waals surface area contributed by atoms with E-state index < -0.39 is 0 Å². The first-order chi connectivity index (χ1) is 1.00. The third-order valence-electron chi connectivity index (χ3n) is 0. The van der Waals surface area contributed by atoms with Crippen molar-refractivity contribution in [1.82, 2.24) is 0 Å². The minimum atomic E-state index is 0. The second-order valence-electron chi connectivity index (χ2n) is 0. The van der Waals surface area contributed by atoms with E-state index in [1.54, 1.807) is 0 Å². The van der Waals surface area contributed by atoms with Gasteiger partial charge in [-0.15, -0.1) is 0 Å². The van der Waals surface area contributed by atoms with Crippen molar-refractivity contribution in [2.75, 3.05) is 0 Å². The van der Waals surface area contributed by atoms with Crippen LogP contribution in [-0.4, -0.2) is 16.2 Å². The van der Waals surface area contributed by atoms with Gasteiger partial charge >= 0.3 is 57.7 Å². The van der Waals surface area contributed by atoms with E-state index in [9.17, 15) is 0 Å². The molecule has 0 aliphatic rings. The molecule has 0 aliphatic heterocycles. The second kappa shape index (κ2) is 50.2. The molecule has 0 aromatic carbocycles. The van der Waals surface area contributed by atoms with Gasteiger partial charge in [0.25, 0.3) is 0 Å². The van der Waals surface area contributed by atoms with E-state index in [2.05, 4.69) is 0 Å². The molecule has 0 spiro atoms. The summed E-state index contributed by atoms with van der Waals surface area (Å²) in [6.45, 7) is 0. The van der Waals surface area contributed by atoms with Crippen LogP contribution < -0.4 is 37.7 Å². The number of hydrogen-bond acceptors (Lipinski definition) is 1.